The van der Waals surface area contributed by atoms with Crippen molar-refractivity contribution in [3.05, 3.63) is 65.2 Å². The third-order valence-corrected chi connectivity index (χ3v) is 2.98. The normalized spacial score (nSPS) is 10.2. The lowest BCUT2D eigenvalue weighted by molar-refractivity contribution is 0.0698. The number of aromatic carboxylic acids is 1. The molecule has 0 radical (unpaired) electrons. The molecule has 0 aliphatic carbocycles. The van der Waals surface area contributed by atoms with Gasteiger partial charge in [-0.05, 0) is 36.6 Å². The van der Waals surface area contributed by atoms with E-state index in [9.17, 15) is 4.79 Å². The van der Waals surface area contributed by atoms with Gasteiger partial charge in [-0.15, -0.1) is 0 Å². The summed E-state index contributed by atoms with van der Waals surface area (Å²) in [6.07, 6.45) is 0.869. The first-order chi connectivity index (χ1) is 9.16. The zero-order valence-electron chi connectivity index (χ0n) is 10.9. The lowest BCUT2D eigenvalue weighted by Gasteiger charge is -2.10. The van der Waals surface area contributed by atoms with Crippen molar-refractivity contribution >= 4 is 11.7 Å². The number of carboxylic acids is 1. The molecule has 0 atom stereocenters. The molecule has 19 heavy (non-hydrogen) atoms. The number of hydrogen-bond donors (Lipinski definition) is 2. The van der Waals surface area contributed by atoms with Crippen LogP contribution in [0.4, 0.5) is 5.69 Å². The van der Waals surface area contributed by atoms with Gasteiger partial charge in [0.25, 0.3) is 0 Å². The van der Waals surface area contributed by atoms with Gasteiger partial charge >= 0.3 is 5.97 Å². The van der Waals surface area contributed by atoms with Gasteiger partial charge in [-0.3, -0.25) is 0 Å². The zero-order valence-corrected chi connectivity index (χ0v) is 10.9. The van der Waals surface area contributed by atoms with E-state index < -0.39 is 5.97 Å². The standard InChI is InChI=1S/C16H17NO2/c1-12-7-8-14(16(18)19)15(11-12)17-10-9-13-5-3-2-4-6-13/h2-8,11,17H,9-10H2,1H3,(H,18,19). The molecule has 0 aliphatic heterocycles. The highest BCUT2D eigenvalue weighted by Gasteiger charge is 2.09. The van der Waals surface area contributed by atoms with Crippen molar-refractivity contribution in [3.63, 3.8) is 0 Å². The largest absolute Gasteiger partial charge is 0.478 e. The molecular weight excluding hydrogens is 238 g/mol. The van der Waals surface area contributed by atoms with Gasteiger partial charge in [0.15, 0.2) is 0 Å². The molecule has 0 saturated heterocycles. The van der Waals surface area contributed by atoms with E-state index in [1.807, 2.05) is 37.3 Å². The Morgan fingerprint density at radius 3 is 2.58 bits per heavy atom. The van der Waals surface area contributed by atoms with Crippen LogP contribution < -0.4 is 5.32 Å². The van der Waals surface area contributed by atoms with Gasteiger partial charge in [0.2, 0.25) is 0 Å². The van der Waals surface area contributed by atoms with Crippen molar-refractivity contribution in [3.8, 4) is 0 Å². The van der Waals surface area contributed by atoms with Crippen LogP contribution in [-0.2, 0) is 6.42 Å². The molecular formula is C16H17NO2. The van der Waals surface area contributed by atoms with E-state index in [-0.39, 0.29) is 0 Å². The second kappa shape index (κ2) is 6.05. The number of aryl methyl sites for hydroxylation is 1. The zero-order chi connectivity index (χ0) is 13.7. The molecule has 0 amide bonds. The summed E-state index contributed by atoms with van der Waals surface area (Å²) >= 11 is 0. The summed E-state index contributed by atoms with van der Waals surface area (Å²) in [6, 6.07) is 15.4. The molecule has 0 aromatic heterocycles. The molecule has 2 N–H and O–H groups in total. The van der Waals surface area contributed by atoms with Gasteiger partial charge in [0.1, 0.15) is 0 Å². The van der Waals surface area contributed by atoms with E-state index >= 15 is 0 Å². The Morgan fingerprint density at radius 2 is 1.89 bits per heavy atom. The highest BCUT2D eigenvalue weighted by molar-refractivity contribution is 5.94. The van der Waals surface area contributed by atoms with E-state index in [0.29, 0.717) is 17.8 Å². The Morgan fingerprint density at radius 1 is 1.16 bits per heavy atom. The summed E-state index contributed by atoms with van der Waals surface area (Å²) in [7, 11) is 0. The van der Waals surface area contributed by atoms with Crippen molar-refractivity contribution in [2.45, 2.75) is 13.3 Å². The van der Waals surface area contributed by atoms with Gasteiger partial charge in [-0.2, -0.15) is 0 Å². The summed E-state index contributed by atoms with van der Waals surface area (Å²) < 4.78 is 0. The first-order valence-corrected chi connectivity index (χ1v) is 6.28. The summed E-state index contributed by atoms with van der Waals surface area (Å²) in [4.78, 5) is 11.1. The molecule has 3 nitrogen and oxygen atoms in total. The Kier molecular flexibility index (Phi) is 4.18. The maximum absolute atomic E-state index is 11.1. The molecule has 0 aliphatic rings. The lowest BCUT2D eigenvalue weighted by atomic mass is 10.1. The van der Waals surface area contributed by atoms with Gasteiger partial charge in [-0.1, -0.05) is 36.4 Å². The number of anilines is 1. The monoisotopic (exact) mass is 255 g/mol. The number of hydrogen-bond acceptors (Lipinski definition) is 2. The van der Waals surface area contributed by atoms with Crippen LogP contribution in [0.1, 0.15) is 21.5 Å². The fourth-order valence-corrected chi connectivity index (χ4v) is 1.98. The minimum atomic E-state index is -0.901. The van der Waals surface area contributed by atoms with Crippen LogP contribution in [0.25, 0.3) is 0 Å². The van der Waals surface area contributed by atoms with Gasteiger partial charge in [-0.25, -0.2) is 4.79 Å². The molecule has 2 rings (SSSR count). The first-order valence-electron chi connectivity index (χ1n) is 6.28. The minimum Gasteiger partial charge on any atom is -0.478 e. The van der Waals surface area contributed by atoms with E-state index in [2.05, 4.69) is 17.4 Å². The molecule has 2 aromatic rings. The van der Waals surface area contributed by atoms with E-state index in [4.69, 9.17) is 5.11 Å². The molecule has 0 fully saturated rings. The lowest BCUT2D eigenvalue weighted by Crippen LogP contribution is -2.09. The molecule has 0 spiro atoms. The maximum atomic E-state index is 11.1. The van der Waals surface area contributed by atoms with E-state index in [1.54, 1.807) is 6.07 Å². The van der Waals surface area contributed by atoms with Gasteiger partial charge < -0.3 is 10.4 Å². The van der Waals surface area contributed by atoms with Crippen LogP contribution >= 0.6 is 0 Å². The van der Waals surface area contributed by atoms with Crippen LogP contribution in [0.15, 0.2) is 48.5 Å². The number of rotatable bonds is 5. The number of carbonyl (C=O) groups is 1. The Bertz CT molecular complexity index is 564. The Hall–Kier alpha value is -2.29. The van der Waals surface area contributed by atoms with Crippen LogP contribution in [-0.4, -0.2) is 17.6 Å². The summed E-state index contributed by atoms with van der Waals surface area (Å²) in [5, 5.41) is 12.3. The van der Waals surface area contributed by atoms with Crippen molar-refractivity contribution in [1.82, 2.24) is 0 Å². The van der Waals surface area contributed by atoms with Crippen molar-refractivity contribution in [2.24, 2.45) is 0 Å². The molecule has 98 valence electrons. The number of nitrogens with one attached hydrogen (secondary N) is 1. The Balaban J connectivity index is 2.03. The van der Waals surface area contributed by atoms with Gasteiger partial charge in [0, 0.05) is 12.2 Å². The molecule has 2 aromatic carbocycles. The quantitative estimate of drug-likeness (QED) is 0.861. The number of benzene rings is 2. The fraction of sp³-hybridized carbons (Fsp3) is 0.188. The van der Waals surface area contributed by atoms with Crippen LogP contribution in [0.5, 0.6) is 0 Å². The third kappa shape index (κ3) is 3.58. The van der Waals surface area contributed by atoms with E-state index in [0.717, 1.165) is 12.0 Å². The smallest absolute Gasteiger partial charge is 0.337 e. The predicted octanol–water partition coefficient (Wildman–Crippen LogP) is 3.35. The minimum absolute atomic E-state index is 0.318. The maximum Gasteiger partial charge on any atom is 0.337 e. The average molecular weight is 255 g/mol. The van der Waals surface area contributed by atoms with Crippen LogP contribution in [0.2, 0.25) is 0 Å². The summed E-state index contributed by atoms with van der Waals surface area (Å²) in [6.45, 7) is 2.67. The molecule has 0 unspecified atom stereocenters. The first kappa shape index (κ1) is 13.1. The van der Waals surface area contributed by atoms with E-state index in [1.165, 1.54) is 5.56 Å². The second-order valence-electron chi connectivity index (χ2n) is 4.52. The SMILES string of the molecule is Cc1ccc(C(=O)O)c(NCCc2ccccc2)c1. The summed E-state index contributed by atoms with van der Waals surface area (Å²) in [5.74, 6) is -0.901. The second-order valence-corrected chi connectivity index (χ2v) is 4.52. The Labute approximate surface area is 112 Å². The van der Waals surface area contributed by atoms with Gasteiger partial charge in [0.05, 0.1) is 5.56 Å². The highest BCUT2D eigenvalue weighted by Crippen LogP contribution is 2.17. The van der Waals surface area contributed by atoms with Crippen molar-refractivity contribution < 1.29 is 9.90 Å². The van der Waals surface area contributed by atoms with Crippen molar-refractivity contribution in [2.75, 3.05) is 11.9 Å². The summed E-state index contributed by atoms with van der Waals surface area (Å²) in [5.41, 5.74) is 3.29. The molecule has 3 heteroatoms. The highest BCUT2D eigenvalue weighted by atomic mass is 16.4. The van der Waals surface area contributed by atoms with Crippen molar-refractivity contribution in [1.29, 1.82) is 0 Å². The molecule has 0 saturated carbocycles. The number of carboxylic acid groups (broad SMARTS) is 1. The topological polar surface area (TPSA) is 49.3 Å². The predicted molar refractivity (Wildman–Crippen MR) is 76.8 cm³/mol. The molecule has 0 bridgehead atoms. The average Bonchev–Trinajstić information content (AvgIpc) is 2.39. The van der Waals surface area contributed by atoms with Crippen LogP contribution in [0, 0.1) is 6.92 Å². The van der Waals surface area contributed by atoms with Crippen LogP contribution in [0.3, 0.4) is 0 Å². The molecule has 0 heterocycles. The third-order valence-electron chi connectivity index (χ3n) is 2.98. The fourth-order valence-electron chi connectivity index (χ4n) is 1.98.